The molecule has 30 nitrogen and oxygen atoms in total. The number of nitrogen functional groups attached to an aromatic ring is 1. The molecule has 0 fully saturated rings. The number of carboxylic acid groups (broad SMARTS) is 2. The molecule has 4 heterocycles. The largest absolute Gasteiger partial charge is 0.508 e. The number of nitrogens with two attached hydrogens (primary N) is 2. The van der Waals surface area contributed by atoms with Crippen molar-refractivity contribution >= 4 is 88.2 Å². The number of phenols is 12. The van der Waals surface area contributed by atoms with Gasteiger partial charge < -0.3 is 127 Å². The van der Waals surface area contributed by atoms with Crippen LogP contribution in [0.4, 0.5) is 17.1 Å². The zero-order valence-electron chi connectivity index (χ0n) is 86.1. The predicted molar refractivity (Wildman–Crippen MR) is 581 cm³/mol. The summed E-state index contributed by atoms with van der Waals surface area (Å²) in [7, 11) is 3.07. The van der Waals surface area contributed by atoms with E-state index in [1.807, 2.05) is 203 Å². The third-order valence-electron chi connectivity index (χ3n) is 22.8. The first-order valence-electron chi connectivity index (χ1n) is 46.5. The number of hydrogen-bond donors (Lipinski definition) is 19. The van der Waals surface area contributed by atoms with Gasteiger partial charge in [-0.1, -0.05) is 163 Å². The van der Waals surface area contributed by atoms with Crippen LogP contribution in [0.3, 0.4) is 0 Å². The molecule has 4 aliphatic heterocycles. The van der Waals surface area contributed by atoms with E-state index in [4.69, 9.17) is 92.7 Å². The van der Waals surface area contributed by atoms with Gasteiger partial charge in [0.15, 0.2) is 69.1 Å². The molecule has 0 spiro atoms. The van der Waals surface area contributed by atoms with Gasteiger partial charge in [0.2, 0.25) is 0 Å². The smallest absolute Gasteiger partial charge is 0.338 e. The molecule has 0 bridgehead atoms. The summed E-state index contributed by atoms with van der Waals surface area (Å²) in [4.78, 5) is 54.9. The van der Waals surface area contributed by atoms with Crippen LogP contribution in [0.5, 0.6) is 97.7 Å². The average Bonchev–Trinajstić information content (AvgIpc) is 1.52. The standard InChI is InChI=1S/C15H20O3.C15H12O3.C15H14O2.C12H9NO.C10H12O3.C10H12O2.C9H14N2O.C7H10O3.C7H8O.C6H5ClO2.C6H8O3.C6H6O3/c1-8-9(2)14-12(10(3)13(8)17)6-7-15(5,18-14)11(4)16;16-13-8-6-11(7-9-13)10-14(15(17)18)12-4-2-1-3-5-12;1-11-2-4-12(5-3-11)6-7-13-8-14(16)10-15(17)9-13;1-3-7-11-9(5-1)13-10-6-2-4-8-12(10)14-11;1-6-4-8(10(11)12)5-9(13-3)7(6)2;1-3-4-8-5-6-9(11)10(7-8)12-2;1-6(10)4-7-2-3-9(12)8(11)5-7;1-4-5(8)7(2,3)10-6(4)9;1-6-4-2-3-5-7(6)8;7-4-1-2-5(8)6(9)3-4;1-3-5(7)4(2)9-6(3)8;7-4-1-2-5(8)6(9)3-4/h17H,6-7H2,1-5H3;1-10,16H,(H,17,18);2-10,16-17H,1H3;1-8,13H;4-5H,1-3H3,(H,11,12);3-7,11H,1-2H3;2-3,5-6,12H,4,10-11H2,1H3;8H,1-3H3;2-5,8H,1H3;1-3,8-9H;4,7H,1-2H3;1-3,7-9H/b;14-10-;7-6+;;;4-3+;;;;;;. The lowest BCUT2D eigenvalue weighted by molar-refractivity contribution is -0.145. The molecule has 0 saturated carbocycles. The lowest BCUT2D eigenvalue weighted by Crippen LogP contribution is -2.43. The predicted octanol–water partition coefficient (Wildman–Crippen LogP) is 24.6. The number of carbonyl (C=O) groups excluding carboxylic acids is 3. The second-order valence-corrected chi connectivity index (χ2v) is 35.4. The highest BCUT2D eigenvalue weighted by molar-refractivity contribution is 6.30. The minimum atomic E-state index is -0.978. The Balaban J connectivity index is 0.000000250. The Morgan fingerprint density at radius 2 is 1.02 bits per heavy atom. The van der Waals surface area contributed by atoms with Crippen molar-refractivity contribution in [2.45, 2.75) is 153 Å². The summed E-state index contributed by atoms with van der Waals surface area (Å²) in [5.74, 6) is 1.42. The van der Waals surface area contributed by atoms with Gasteiger partial charge in [0.25, 0.3) is 0 Å². The second-order valence-electron chi connectivity index (χ2n) is 34.9. The molecule has 31 heteroatoms. The molecular formula is C118H130ClN3O27. The van der Waals surface area contributed by atoms with Gasteiger partial charge in [-0.2, -0.15) is 0 Å². The van der Waals surface area contributed by atoms with E-state index >= 15 is 0 Å². The number of Topliss-reactive ketones (excluding diaryl/α,β-unsaturated/α-hetero) is 1. The Morgan fingerprint density at radius 1 is 0.490 bits per heavy atom. The van der Waals surface area contributed by atoms with Gasteiger partial charge in [0.05, 0.1) is 53.6 Å². The fourth-order valence-corrected chi connectivity index (χ4v) is 13.9. The molecule has 0 aliphatic carbocycles. The van der Waals surface area contributed by atoms with Crippen LogP contribution in [0.2, 0.25) is 5.02 Å². The van der Waals surface area contributed by atoms with Crippen molar-refractivity contribution in [3.8, 4) is 97.7 Å². The van der Waals surface area contributed by atoms with E-state index in [9.17, 15) is 59.7 Å². The third kappa shape index (κ3) is 37.5. The zero-order chi connectivity index (χ0) is 111. The van der Waals surface area contributed by atoms with E-state index in [0.29, 0.717) is 56.8 Å². The van der Waals surface area contributed by atoms with E-state index in [1.165, 1.54) is 74.4 Å². The summed E-state index contributed by atoms with van der Waals surface area (Å²) < 4.78 is 31.1. The molecule has 0 aromatic heterocycles. The number of aliphatic hydroxyl groups is 2. The van der Waals surface area contributed by atoms with Crippen LogP contribution in [0.1, 0.15) is 157 Å². The van der Waals surface area contributed by atoms with Crippen LogP contribution >= 0.6 is 11.6 Å². The number of cyclic esters (lactones) is 2. The zero-order valence-corrected chi connectivity index (χ0v) is 86.8. The maximum absolute atomic E-state index is 11.7. The Kier molecular flexibility index (Phi) is 46.1. The lowest BCUT2D eigenvalue weighted by atomic mass is 9.85. The number of benzene rings is 13. The molecule has 21 N–H and O–H groups in total. The number of para-hydroxylation sites is 5. The summed E-state index contributed by atoms with van der Waals surface area (Å²) in [5.41, 5.74) is 26.2. The summed E-state index contributed by atoms with van der Waals surface area (Å²) in [5, 5.41) is 149. The summed E-state index contributed by atoms with van der Waals surface area (Å²) in [6, 6.07) is 72.4. The quantitative estimate of drug-likeness (QED) is 0.0135. The molecular weight excluding hydrogens is 1930 g/mol. The number of esters is 2. The number of halogens is 1. The van der Waals surface area contributed by atoms with Gasteiger partial charge in [-0.25, -0.2) is 19.2 Å². The monoisotopic (exact) mass is 2060 g/mol. The topological polar surface area (TPSA) is 528 Å². The van der Waals surface area contributed by atoms with Gasteiger partial charge in [-0.05, 0) is 318 Å². The van der Waals surface area contributed by atoms with Crippen molar-refractivity contribution in [3.63, 3.8) is 0 Å². The van der Waals surface area contributed by atoms with E-state index in [0.717, 1.165) is 114 Å². The van der Waals surface area contributed by atoms with Gasteiger partial charge in [-0.15, -0.1) is 0 Å². The number of fused-ring (bicyclic) bond motifs is 3. The minimum Gasteiger partial charge on any atom is -0.508 e. The van der Waals surface area contributed by atoms with Crippen LogP contribution in [0.25, 0.3) is 29.9 Å². The SMILES string of the molecule is C/C=C/c1ccc(O)c(OC)c1.CC(=O)C1(C)CCc2c(C)c(O)c(C)c(C)c2O1.CC(N)Cc1ccc(O)c(N)c1.CC1=C(O)C(C)(C)OC1=O.CC1=C(O)C(C)OC1=O.COc1cc(C(=O)O)cc(C)c1C.Cc1ccc(/C=C/c2cc(O)cc(O)c2)cc1.Cc1ccccc1O.O=C(O)/C(=C\c1ccc(O)cc1)c1ccccc1.Oc1ccc(Cl)cc1O.Oc1ccc(O)c(O)c1.c1ccc2c(c1)Nc1ccccc1O2. The fraction of sp³-hybridized carbons (Fsp3) is 0.212. The number of methoxy groups -OCH3 is 2. The molecule has 17 rings (SSSR count). The Morgan fingerprint density at radius 3 is 1.48 bits per heavy atom. The van der Waals surface area contributed by atoms with Gasteiger partial charge in [-0.3, -0.25) is 4.79 Å². The second kappa shape index (κ2) is 57.2. The van der Waals surface area contributed by atoms with Crippen molar-refractivity contribution in [2.75, 3.05) is 25.3 Å². The van der Waals surface area contributed by atoms with E-state index in [-0.39, 0.29) is 92.0 Å². The first kappa shape index (κ1) is 120. The molecule has 0 saturated heterocycles. The number of phenolic OH excluding ortho intramolecular Hbond substituents is 12. The number of anilines is 3. The first-order chi connectivity index (χ1) is 70.2. The maximum atomic E-state index is 11.7. The summed E-state index contributed by atoms with van der Waals surface area (Å²) in [6.45, 7) is 28.7. The van der Waals surface area contributed by atoms with E-state index in [2.05, 4.69) is 10.1 Å². The van der Waals surface area contributed by atoms with Crippen molar-refractivity contribution in [2.24, 2.45) is 5.73 Å². The van der Waals surface area contributed by atoms with Gasteiger partial charge in [0, 0.05) is 34.8 Å². The number of carboxylic acids is 2. The van der Waals surface area contributed by atoms with Gasteiger partial charge >= 0.3 is 23.9 Å². The molecule has 149 heavy (non-hydrogen) atoms. The number of aryl methyl sites for hydroxylation is 3. The number of hydrogen-bond acceptors (Lipinski definition) is 28. The Labute approximate surface area is 871 Å². The molecule has 4 aliphatic rings. The van der Waals surface area contributed by atoms with Crippen LogP contribution in [0, 0.1) is 48.5 Å². The van der Waals surface area contributed by atoms with Crippen molar-refractivity contribution < 1.29 is 134 Å². The number of nitrogens with one attached hydrogen (secondary N) is 1. The van der Waals surface area contributed by atoms with Crippen LogP contribution in [0.15, 0.2) is 284 Å². The molecule has 13 aromatic carbocycles. The number of carbonyl (C=O) groups is 5. The van der Waals surface area contributed by atoms with Crippen LogP contribution in [-0.4, -0.2) is 149 Å². The number of aromatic carboxylic acids is 1. The average molecular weight is 2060 g/mol. The number of rotatable bonds is 12. The number of allylic oxidation sites excluding steroid dienone is 1. The highest BCUT2D eigenvalue weighted by atomic mass is 35.5. The third-order valence-corrected chi connectivity index (χ3v) is 23.0. The van der Waals surface area contributed by atoms with Crippen molar-refractivity contribution in [3.05, 3.63) is 372 Å². The van der Waals surface area contributed by atoms with Gasteiger partial charge in [0.1, 0.15) is 63.3 Å². The Bertz CT molecular complexity index is 6750. The number of ketones is 1. The van der Waals surface area contributed by atoms with Crippen molar-refractivity contribution in [1.82, 2.24) is 0 Å². The molecule has 3 atom stereocenters. The minimum absolute atomic E-state index is 0.0394. The lowest BCUT2D eigenvalue weighted by Gasteiger charge is -2.36. The van der Waals surface area contributed by atoms with Crippen molar-refractivity contribution in [1.29, 1.82) is 0 Å². The highest BCUT2D eigenvalue weighted by Gasteiger charge is 2.40. The molecule has 13 aromatic rings. The summed E-state index contributed by atoms with van der Waals surface area (Å²) >= 11 is 5.45. The fourth-order valence-electron chi connectivity index (χ4n) is 13.7. The van der Waals surface area contributed by atoms with Crippen LogP contribution < -0.4 is 35.7 Å². The molecule has 786 valence electrons. The van der Waals surface area contributed by atoms with Crippen LogP contribution in [-0.2, 0) is 41.5 Å². The molecule has 0 radical (unpaired) electrons. The highest BCUT2D eigenvalue weighted by Crippen LogP contribution is 2.45. The number of aliphatic hydroxyl groups excluding tert-OH is 2. The van der Waals surface area contributed by atoms with E-state index in [1.54, 1.807) is 133 Å². The normalized spacial score (nSPS) is 14.0. The summed E-state index contributed by atoms with van der Waals surface area (Å²) in [6.07, 6.45) is 11.0. The molecule has 3 unspecified atom stereocenters. The van der Waals surface area contributed by atoms with E-state index < -0.39 is 41.2 Å². The number of aromatic hydroxyl groups is 12. The first-order valence-corrected chi connectivity index (χ1v) is 46.9. The Hall–Kier alpha value is -17.6. The molecule has 0 amide bonds. The number of aliphatic carboxylic acids is 1. The number of ether oxygens (including phenoxy) is 6. The maximum Gasteiger partial charge on any atom is 0.338 e.